The van der Waals surface area contributed by atoms with Gasteiger partial charge in [-0.2, -0.15) is 0 Å². The number of aryl methyl sites for hydroxylation is 1. The van der Waals surface area contributed by atoms with Crippen molar-refractivity contribution in [2.75, 3.05) is 13.1 Å². The summed E-state index contributed by atoms with van der Waals surface area (Å²) in [5.41, 5.74) is 2.13. The molecule has 1 saturated carbocycles. The van der Waals surface area contributed by atoms with Gasteiger partial charge < -0.3 is 9.88 Å². The molecule has 1 N–H and O–H groups in total. The third kappa shape index (κ3) is 3.13. The summed E-state index contributed by atoms with van der Waals surface area (Å²) in [7, 11) is 1.99. The van der Waals surface area contributed by atoms with Crippen molar-refractivity contribution in [1.29, 1.82) is 0 Å². The number of carbonyl (C=O) groups is 1. The van der Waals surface area contributed by atoms with Crippen LogP contribution in [0.1, 0.15) is 41.4 Å². The largest absolute Gasteiger partial charge is 0.355 e. The standard InChI is InChI=1S/C18H24N4OS/c1-21-12-20-16-11-22(9-14-6-3-7-24-14)10-15(17(16)21)18(23)19-8-13-4-2-5-13/h3,6-7,12-13,15H,2,4-5,8-11H2,1H3,(H,19,23)/t15-/m1/s1. The van der Waals surface area contributed by atoms with Crippen LogP contribution in [0.25, 0.3) is 0 Å². The lowest BCUT2D eigenvalue weighted by Gasteiger charge is -2.33. The highest BCUT2D eigenvalue weighted by molar-refractivity contribution is 7.09. The van der Waals surface area contributed by atoms with E-state index in [1.165, 1.54) is 24.1 Å². The predicted octanol–water partition coefficient (Wildman–Crippen LogP) is 2.50. The second kappa shape index (κ2) is 6.69. The summed E-state index contributed by atoms with van der Waals surface area (Å²) in [6.07, 6.45) is 5.66. The van der Waals surface area contributed by atoms with Crippen LogP contribution in [0.2, 0.25) is 0 Å². The number of nitrogens with one attached hydrogen (secondary N) is 1. The van der Waals surface area contributed by atoms with E-state index >= 15 is 0 Å². The SMILES string of the molecule is Cn1cnc2c1[C@H](C(=O)NCC1CCC1)CN(Cc1cccs1)C2. The molecule has 1 aliphatic carbocycles. The molecule has 5 nitrogen and oxygen atoms in total. The number of amides is 1. The average Bonchev–Trinajstić information content (AvgIpc) is 3.15. The average molecular weight is 344 g/mol. The van der Waals surface area contributed by atoms with Crippen LogP contribution in [0.3, 0.4) is 0 Å². The van der Waals surface area contributed by atoms with Crippen LogP contribution in [0.4, 0.5) is 0 Å². The fourth-order valence-electron chi connectivity index (χ4n) is 3.69. The van der Waals surface area contributed by atoms with Crippen LogP contribution in [0, 0.1) is 5.92 Å². The van der Waals surface area contributed by atoms with Crippen LogP contribution in [0.5, 0.6) is 0 Å². The first-order valence-electron chi connectivity index (χ1n) is 8.73. The maximum absolute atomic E-state index is 12.8. The second-order valence-electron chi connectivity index (χ2n) is 7.03. The summed E-state index contributed by atoms with van der Waals surface area (Å²) < 4.78 is 2.02. The fraction of sp³-hybridized carbons (Fsp3) is 0.556. The molecule has 2 aromatic rings. The van der Waals surface area contributed by atoms with Gasteiger partial charge in [-0.1, -0.05) is 12.5 Å². The lowest BCUT2D eigenvalue weighted by Crippen LogP contribution is -2.43. The minimum Gasteiger partial charge on any atom is -0.355 e. The molecule has 0 unspecified atom stereocenters. The number of aromatic nitrogens is 2. The number of hydrogen-bond donors (Lipinski definition) is 1. The van der Waals surface area contributed by atoms with Gasteiger partial charge >= 0.3 is 0 Å². The first kappa shape index (κ1) is 15.8. The lowest BCUT2D eigenvalue weighted by molar-refractivity contribution is -0.123. The molecule has 1 fully saturated rings. The molecule has 0 saturated heterocycles. The topological polar surface area (TPSA) is 50.2 Å². The Balaban J connectivity index is 1.49. The van der Waals surface area contributed by atoms with E-state index in [1.807, 2.05) is 17.9 Å². The van der Waals surface area contributed by atoms with Gasteiger partial charge in [0.2, 0.25) is 5.91 Å². The minimum absolute atomic E-state index is 0.124. The monoisotopic (exact) mass is 344 g/mol. The quantitative estimate of drug-likeness (QED) is 0.907. The second-order valence-corrected chi connectivity index (χ2v) is 8.06. The van der Waals surface area contributed by atoms with Crippen molar-refractivity contribution in [3.8, 4) is 0 Å². The van der Waals surface area contributed by atoms with Crippen LogP contribution in [0.15, 0.2) is 23.8 Å². The smallest absolute Gasteiger partial charge is 0.230 e. The molecule has 2 aromatic heterocycles. The van der Waals surface area contributed by atoms with Crippen LogP contribution >= 0.6 is 11.3 Å². The number of imidazole rings is 1. The summed E-state index contributed by atoms with van der Waals surface area (Å²) in [4.78, 5) is 21.0. The van der Waals surface area contributed by atoms with Crippen LogP contribution in [-0.4, -0.2) is 33.4 Å². The highest BCUT2D eigenvalue weighted by atomic mass is 32.1. The van der Waals surface area contributed by atoms with E-state index in [0.29, 0.717) is 5.92 Å². The Bertz CT molecular complexity index is 705. The Morgan fingerprint density at radius 1 is 1.46 bits per heavy atom. The van der Waals surface area contributed by atoms with Gasteiger partial charge in [0.15, 0.2) is 0 Å². The Morgan fingerprint density at radius 2 is 2.33 bits per heavy atom. The van der Waals surface area contributed by atoms with E-state index in [-0.39, 0.29) is 11.8 Å². The number of carbonyl (C=O) groups excluding carboxylic acids is 1. The molecule has 1 atom stereocenters. The van der Waals surface area contributed by atoms with Gasteiger partial charge in [-0.05, 0) is 30.2 Å². The number of fused-ring (bicyclic) bond motifs is 1. The highest BCUT2D eigenvalue weighted by Crippen LogP contribution is 2.30. The van der Waals surface area contributed by atoms with Gasteiger partial charge in [0, 0.05) is 38.1 Å². The van der Waals surface area contributed by atoms with E-state index in [2.05, 4.69) is 32.7 Å². The minimum atomic E-state index is -0.124. The van der Waals surface area contributed by atoms with Gasteiger partial charge in [0.25, 0.3) is 0 Å². The maximum atomic E-state index is 12.8. The lowest BCUT2D eigenvalue weighted by atomic mass is 9.85. The van der Waals surface area contributed by atoms with E-state index in [0.717, 1.165) is 37.6 Å². The summed E-state index contributed by atoms with van der Waals surface area (Å²) >= 11 is 1.77. The van der Waals surface area contributed by atoms with Crippen LogP contribution in [-0.2, 0) is 24.9 Å². The summed E-state index contributed by atoms with van der Waals surface area (Å²) in [5, 5.41) is 5.29. The van der Waals surface area contributed by atoms with E-state index in [9.17, 15) is 4.79 Å². The number of nitrogens with zero attached hydrogens (tertiary/aromatic N) is 3. The zero-order valence-corrected chi connectivity index (χ0v) is 14.9. The van der Waals surface area contributed by atoms with Crippen molar-refractivity contribution in [1.82, 2.24) is 19.8 Å². The van der Waals surface area contributed by atoms with Crippen molar-refractivity contribution in [2.45, 2.75) is 38.3 Å². The van der Waals surface area contributed by atoms with Gasteiger partial charge in [-0.25, -0.2) is 4.98 Å². The molecule has 2 aliphatic rings. The van der Waals surface area contributed by atoms with Gasteiger partial charge in [0.05, 0.1) is 23.6 Å². The Kier molecular flexibility index (Phi) is 4.41. The third-order valence-corrected chi connectivity index (χ3v) is 6.13. The van der Waals surface area contributed by atoms with Gasteiger partial charge in [0.1, 0.15) is 0 Å². The summed E-state index contributed by atoms with van der Waals surface area (Å²) in [6, 6.07) is 4.24. The Hall–Kier alpha value is -1.66. The molecule has 0 spiro atoms. The highest BCUT2D eigenvalue weighted by Gasteiger charge is 2.34. The molecule has 6 heteroatoms. The third-order valence-electron chi connectivity index (χ3n) is 5.27. The zero-order chi connectivity index (χ0) is 16.5. The van der Waals surface area contributed by atoms with Crippen molar-refractivity contribution in [3.63, 3.8) is 0 Å². The molecular formula is C18H24N4OS. The van der Waals surface area contributed by atoms with Crippen molar-refractivity contribution in [2.24, 2.45) is 13.0 Å². The van der Waals surface area contributed by atoms with Crippen molar-refractivity contribution < 1.29 is 4.79 Å². The molecule has 24 heavy (non-hydrogen) atoms. The molecule has 1 amide bonds. The van der Waals surface area contributed by atoms with E-state index < -0.39 is 0 Å². The summed E-state index contributed by atoms with van der Waals surface area (Å²) in [5.74, 6) is 0.717. The Labute approximate surface area is 146 Å². The maximum Gasteiger partial charge on any atom is 0.230 e. The molecule has 0 aromatic carbocycles. The number of rotatable bonds is 5. The molecule has 128 valence electrons. The number of hydrogen-bond acceptors (Lipinski definition) is 4. The molecule has 4 rings (SSSR count). The molecule has 0 radical (unpaired) electrons. The molecule has 1 aliphatic heterocycles. The molecular weight excluding hydrogens is 320 g/mol. The van der Waals surface area contributed by atoms with Crippen molar-refractivity contribution in [3.05, 3.63) is 40.1 Å². The zero-order valence-electron chi connectivity index (χ0n) is 14.1. The Morgan fingerprint density at radius 3 is 3.04 bits per heavy atom. The molecule has 0 bridgehead atoms. The van der Waals surface area contributed by atoms with E-state index in [1.54, 1.807) is 11.3 Å². The fourth-order valence-corrected chi connectivity index (χ4v) is 4.44. The number of thiophene rings is 1. The van der Waals surface area contributed by atoms with Gasteiger partial charge in [-0.15, -0.1) is 11.3 Å². The normalized spacial score (nSPS) is 21.3. The summed E-state index contributed by atoms with van der Waals surface area (Å²) in [6.45, 7) is 3.30. The predicted molar refractivity (Wildman–Crippen MR) is 94.7 cm³/mol. The van der Waals surface area contributed by atoms with E-state index in [4.69, 9.17) is 0 Å². The van der Waals surface area contributed by atoms with Crippen molar-refractivity contribution >= 4 is 17.2 Å². The first-order chi connectivity index (χ1) is 11.7. The first-order valence-corrected chi connectivity index (χ1v) is 9.61. The molecule has 3 heterocycles. The van der Waals surface area contributed by atoms with Gasteiger partial charge in [-0.3, -0.25) is 9.69 Å². The van der Waals surface area contributed by atoms with Crippen LogP contribution < -0.4 is 5.32 Å².